The molecule has 0 heterocycles. The normalized spacial score (nSPS) is 11.4. The van der Waals surface area contributed by atoms with Crippen LogP contribution in [0, 0.1) is 0 Å². The van der Waals surface area contributed by atoms with E-state index in [2.05, 4.69) is 10.0 Å². The van der Waals surface area contributed by atoms with Gasteiger partial charge in [-0.15, -0.1) is 0 Å². The van der Waals surface area contributed by atoms with Gasteiger partial charge in [0.1, 0.15) is 5.75 Å². The van der Waals surface area contributed by atoms with Gasteiger partial charge in [0, 0.05) is 18.5 Å². The Bertz CT molecular complexity index is 862. The fourth-order valence-electron chi connectivity index (χ4n) is 2.51. The topological polar surface area (TPSA) is 84.5 Å². The highest BCUT2D eigenvalue weighted by Gasteiger charge is 2.11. The lowest BCUT2D eigenvalue weighted by atomic mass is 10.1. The van der Waals surface area contributed by atoms with E-state index in [1.165, 1.54) is 7.05 Å². The van der Waals surface area contributed by atoms with Crippen molar-refractivity contribution >= 4 is 15.9 Å². The number of carbonyl (C=O) groups is 1. The number of nitrogens with one attached hydrogen (secondary N) is 2. The summed E-state index contributed by atoms with van der Waals surface area (Å²) in [4.78, 5) is 12.3. The first-order valence-electron chi connectivity index (χ1n) is 8.85. The average molecular weight is 391 g/mol. The van der Waals surface area contributed by atoms with Crippen LogP contribution in [0.3, 0.4) is 0 Å². The van der Waals surface area contributed by atoms with Gasteiger partial charge in [-0.05, 0) is 51.1 Å². The molecule has 27 heavy (non-hydrogen) atoms. The van der Waals surface area contributed by atoms with Gasteiger partial charge < -0.3 is 10.1 Å². The molecule has 0 aliphatic rings. The molecule has 1 amide bonds. The van der Waals surface area contributed by atoms with Crippen LogP contribution in [0.2, 0.25) is 0 Å². The van der Waals surface area contributed by atoms with Crippen LogP contribution in [0.15, 0.2) is 53.4 Å². The van der Waals surface area contributed by atoms with E-state index in [-0.39, 0.29) is 16.9 Å². The molecule has 0 atom stereocenters. The molecule has 0 aliphatic heterocycles. The minimum Gasteiger partial charge on any atom is -0.491 e. The second-order valence-electron chi connectivity index (χ2n) is 6.40. The summed E-state index contributed by atoms with van der Waals surface area (Å²) < 4.78 is 31.4. The highest BCUT2D eigenvalue weighted by atomic mass is 32.2. The SMILES string of the molecule is CNS(=O)(=O)c1ccc(CCC(=O)NCc2ccccc2OC(C)C)cc1. The van der Waals surface area contributed by atoms with Crippen molar-refractivity contribution in [1.82, 2.24) is 10.0 Å². The van der Waals surface area contributed by atoms with Crippen molar-refractivity contribution in [2.75, 3.05) is 7.05 Å². The first-order valence-corrected chi connectivity index (χ1v) is 10.3. The maximum Gasteiger partial charge on any atom is 0.240 e. The van der Waals surface area contributed by atoms with E-state index in [9.17, 15) is 13.2 Å². The van der Waals surface area contributed by atoms with Crippen molar-refractivity contribution in [1.29, 1.82) is 0 Å². The number of ether oxygens (including phenoxy) is 1. The van der Waals surface area contributed by atoms with Crippen LogP contribution in [0.1, 0.15) is 31.4 Å². The minimum atomic E-state index is -3.44. The van der Waals surface area contributed by atoms with E-state index in [1.807, 2.05) is 38.1 Å². The van der Waals surface area contributed by atoms with E-state index in [4.69, 9.17) is 4.74 Å². The van der Waals surface area contributed by atoms with Crippen LogP contribution in [0.5, 0.6) is 5.75 Å². The smallest absolute Gasteiger partial charge is 0.240 e. The van der Waals surface area contributed by atoms with Crippen molar-refractivity contribution in [2.45, 2.75) is 44.2 Å². The lowest BCUT2D eigenvalue weighted by Gasteiger charge is -2.14. The zero-order chi connectivity index (χ0) is 19.9. The quantitative estimate of drug-likeness (QED) is 0.689. The fourth-order valence-corrected chi connectivity index (χ4v) is 3.24. The molecule has 0 spiro atoms. The molecule has 6 nitrogen and oxygen atoms in total. The molecule has 0 saturated carbocycles. The number of carbonyl (C=O) groups excluding carboxylic acids is 1. The summed E-state index contributed by atoms with van der Waals surface area (Å²) in [5.41, 5.74) is 1.84. The Balaban J connectivity index is 1.87. The number of rotatable bonds is 9. The summed E-state index contributed by atoms with van der Waals surface area (Å²) in [6.07, 6.45) is 0.929. The Morgan fingerprint density at radius 2 is 1.74 bits per heavy atom. The van der Waals surface area contributed by atoms with Gasteiger partial charge in [0.25, 0.3) is 0 Å². The second kappa shape index (κ2) is 9.53. The van der Waals surface area contributed by atoms with Crippen molar-refractivity contribution in [3.63, 3.8) is 0 Å². The van der Waals surface area contributed by atoms with E-state index < -0.39 is 10.0 Å². The van der Waals surface area contributed by atoms with Gasteiger partial charge in [0.2, 0.25) is 15.9 Å². The molecule has 0 radical (unpaired) electrons. The Morgan fingerprint density at radius 1 is 1.07 bits per heavy atom. The van der Waals surface area contributed by atoms with Gasteiger partial charge in [0.05, 0.1) is 11.0 Å². The zero-order valence-corrected chi connectivity index (χ0v) is 16.7. The highest BCUT2D eigenvalue weighted by molar-refractivity contribution is 7.89. The standard InChI is InChI=1S/C20H26N2O4S/c1-15(2)26-19-7-5-4-6-17(19)14-22-20(23)13-10-16-8-11-18(12-9-16)27(24,25)21-3/h4-9,11-12,15,21H,10,13-14H2,1-3H3,(H,22,23). The van der Waals surface area contributed by atoms with E-state index in [0.29, 0.717) is 19.4 Å². The third-order valence-electron chi connectivity index (χ3n) is 3.95. The molecule has 0 saturated heterocycles. The molecule has 2 N–H and O–H groups in total. The summed E-state index contributed by atoms with van der Waals surface area (Å²) in [6.45, 7) is 4.33. The molecule has 2 aromatic rings. The lowest BCUT2D eigenvalue weighted by molar-refractivity contribution is -0.121. The molecule has 2 rings (SSSR count). The average Bonchev–Trinajstić information content (AvgIpc) is 2.65. The summed E-state index contributed by atoms with van der Waals surface area (Å²) in [6, 6.07) is 14.2. The van der Waals surface area contributed by atoms with Crippen LogP contribution < -0.4 is 14.8 Å². The number of amides is 1. The number of benzene rings is 2. The van der Waals surface area contributed by atoms with Gasteiger partial charge in [-0.1, -0.05) is 30.3 Å². The first-order chi connectivity index (χ1) is 12.8. The molecule has 0 unspecified atom stereocenters. The van der Waals surface area contributed by atoms with Gasteiger partial charge in [-0.2, -0.15) is 0 Å². The predicted molar refractivity (Wildman–Crippen MR) is 105 cm³/mol. The highest BCUT2D eigenvalue weighted by Crippen LogP contribution is 2.19. The number of aryl methyl sites for hydroxylation is 1. The molecule has 0 aliphatic carbocycles. The van der Waals surface area contributed by atoms with Crippen LogP contribution in [0.25, 0.3) is 0 Å². The molecule has 0 aromatic heterocycles. The number of hydrogen-bond donors (Lipinski definition) is 2. The molecule has 0 fully saturated rings. The Kier molecular flexibility index (Phi) is 7.38. The zero-order valence-electron chi connectivity index (χ0n) is 15.9. The molecule has 146 valence electrons. The fraction of sp³-hybridized carbons (Fsp3) is 0.350. The van der Waals surface area contributed by atoms with Crippen molar-refractivity contribution in [3.05, 3.63) is 59.7 Å². The third kappa shape index (κ3) is 6.37. The summed E-state index contributed by atoms with van der Waals surface area (Å²) in [7, 11) is -2.07. The van der Waals surface area contributed by atoms with Crippen molar-refractivity contribution in [3.8, 4) is 5.75 Å². The van der Waals surface area contributed by atoms with Gasteiger partial charge >= 0.3 is 0 Å². The van der Waals surface area contributed by atoms with Crippen LogP contribution in [0.4, 0.5) is 0 Å². The van der Waals surface area contributed by atoms with Crippen LogP contribution in [-0.2, 0) is 27.8 Å². The summed E-state index contributed by atoms with van der Waals surface area (Å²) in [5.74, 6) is 0.704. The van der Waals surface area contributed by atoms with Gasteiger partial charge in [0.15, 0.2) is 0 Å². The Hall–Kier alpha value is -2.38. The monoisotopic (exact) mass is 390 g/mol. The largest absolute Gasteiger partial charge is 0.491 e. The van der Waals surface area contributed by atoms with Gasteiger partial charge in [-0.3, -0.25) is 4.79 Å². The second-order valence-corrected chi connectivity index (χ2v) is 8.29. The van der Waals surface area contributed by atoms with Crippen molar-refractivity contribution < 1.29 is 17.9 Å². The lowest BCUT2D eigenvalue weighted by Crippen LogP contribution is -2.23. The van der Waals surface area contributed by atoms with Crippen LogP contribution >= 0.6 is 0 Å². The molecule has 7 heteroatoms. The third-order valence-corrected chi connectivity index (χ3v) is 5.38. The van der Waals surface area contributed by atoms with E-state index in [0.717, 1.165) is 16.9 Å². The van der Waals surface area contributed by atoms with Crippen LogP contribution in [-0.4, -0.2) is 27.5 Å². The van der Waals surface area contributed by atoms with E-state index in [1.54, 1.807) is 24.3 Å². The maximum absolute atomic E-state index is 12.1. The van der Waals surface area contributed by atoms with E-state index >= 15 is 0 Å². The molecule has 0 bridgehead atoms. The molecular formula is C20H26N2O4S. The Morgan fingerprint density at radius 3 is 2.37 bits per heavy atom. The van der Waals surface area contributed by atoms with Gasteiger partial charge in [-0.25, -0.2) is 13.1 Å². The summed E-state index contributed by atoms with van der Waals surface area (Å²) in [5, 5.41) is 2.90. The number of para-hydroxylation sites is 1. The first kappa shape index (κ1) is 20.9. The summed E-state index contributed by atoms with van der Waals surface area (Å²) >= 11 is 0. The molecular weight excluding hydrogens is 364 g/mol. The van der Waals surface area contributed by atoms with Crippen molar-refractivity contribution in [2.24, 2.45) is 0 Å². The predicted octanol–water partition coefficient (Wildman–Crippen LogP) is 2.63. The Labute approximate surface area is 161 Å². The number of hydrogen-bond acceptors (Lipinski definition) is 4. The number of sulfonamides is 1. The molecule has 2 aromatic carbocycles. The maximum atomic E-state index is 12.1. The minimum absolute atomic E-state index is 0.0662.